The number of methoxy groups -OCH3 is 1. The number of nitrogens with one attached hydrogen (secondary N) is 1. The molecular formula is C9H14F3NO4. The highest BCUT2D eigenvalue weighted by Crippen LogP contribution is 2.23. The van der Waals surface area contributed by atoms with Crippen molar-refractivity contribution in [3.63, 3.8) is 0 Å². The molecule has 0 spiro atoms. The molecule has 1 amide bonds. The van der Waals surface area contributed by atoms with Crippen molar-refractivity contribution < 1.29 is 32.5 Å². The molecule has 0 aromatic carbocycles. The summed E-state index contributed by atoms with van der Waals surface area (Å²) in [6.45, 7) is 1.54. The maximum atomic E-state index is 12.1. The van der Waals surface area contributed by atoms with Gasteiger partial charge in [0.15, 0.2) is 6.29 Å². The third-order valence-corrected chi connectivity index (χ3v) is 2.53. The van der Waals surface area contributed by atoms with Crippen molar-refractivity contribution in [3.05, 3.63) is 0 Å². The Kier molecular flexibility index (Phi) is 4.34. The van der Waals surface area contributed by atoms with Crippen molar-refractivity contribution in [2.45, 2.75) is 44.1 Å². The van der Waals surface area contributed by atoms with E-state index in [1.165, 1.54) is 7.11 Å². The summed E-state index contributed by atoms with van der Waals surface area (Å²) in [5.74, 6) is -2.05. The van der Waals surface area contributed by atoms with E-state index >= 15 is 0 Å². The molecule has 1 aliphatic rings. The molecule has 0 aromatic heterocycles. The molecule has 0 aromatic rings. The molecular weight excluding hydrogens is 243 g/mol. The van der Waals surface area contributed by atoms with Crippen LogP contribution in [0.2, 0.25) is 0 Å². The Labute approximate surface area is 95.9 Å². The summed E-state index contributed by atoms with van der Waals surface area (Å²) in [7, 11) is 1.30. The summed E-state index contributed by atoms with van der Waals surface area (Å²) in [5, 5.41) is 11.1. The molecule has 4 atom stereocenters. The maximum absolute atomic E-state index is 12.1. The minimum absolute atomic E-state index is 0.148. The van der Waals surface area contributed by atoms with Gasteiger partial charge in [0, 0.05) is 13.5 Å². The Balaban J connectivity index is 2.69. The first kappa shape index (κ1) is 14.2. The van der Waals surface area contributed by atoms with Crippen molar-refractivity contribution in [1.82, 2.24) is 5.32 Å². The van der Waals surface area contributed by atoms with Gasteiger partial charge in [-0.1, -0.05) is 0 Å². The average Bonchev–Trinajstić information content (AvgIpc) is 2.15. The highest BCUT2D eigenvalue weighted by molar-refractivity contribution is 5.82. The van der Waals surface area contributed by atoms with Crippen LogP contribution < -0.4 is 5.32 Å². The number of amides is 1. The zero-order valence-electron chi connectivity index (χ0n) is 9.32. The second kappa shape index (κ2) is 5.19. The number of carbonyl (C=O) groups is 1. The second-order valence-electron chi connectivity index (χ2n) is 3.81. The zero-order valence-corrected chi connectivity index (χ0v) is 9.32. The monoisotopic (exact) mass is 257 g/mol. The van der Waals surface area contributed by atoms with Crippen molar-refractivity contribution in [2.75, 3.05) is 7.11 Å². The van der Waals surface area contributed by atoms with Gasteiger partial charge in [-0.05, 0) is 6.92 Å². The van der Waals surface area contributed by atoms with Crippen LogP contribution in [-0.2, 0) is 14.3 Å². The molecule has 17 heavy (non-hydrogen) atoms. The molecule has 1 saturated heterocycles. The van der Waals surface area contributed by atoms with Gasteiger partial charge in [-0.15, -0.1) is 0 Å². The predicted molar refractivity (Wildman–Crippen MR) is 50.0 cm³/mol. The Bertz CT molecular complexity index is 284. The summed E-state index contributed by atoms with van der Waals surface area (Å²) < 4.78 is 46.2. The van der Waals surface area contributed by atoms with Crippen LogP contribution in [-0.4, -0.2) is 48.8 Å². The third kappa shape index (κ3) is 3.55. The Hall–Kier alpha value is -0.860. The standard InChI is InChI=1S/C9H14F3NO4/c1-4-7(16-2)5(3-6(14)17-4)13-8(15)9(10,11)12/h4-7,14H,3H2,1-2H3,(H,13,15)/t4-,5-,6+,7-/m0/s1. The number of ether oxygens (including phenoxy) is 2. The number of hydrogen-bond acceptors (Lipinski definition) is 4. The molecule has 1 aliphatic heterocycles. The molecule has 100 valence electrons. The normalized spacial score (nSPS) is 34.5. The Morgan fingerprint density at radius 3 is 2.59 bits per heavy atom. The Morgan fingerprint density at radius 1 is 1.53 bits per heavy atom. The van der Waals surface area contributed by atoms with Gasteiger partial charge in [-0.2, -0.15) is 13.2 Å². The summed E-state index contributed by atoms with van der Waals surface area (Å²) in [5.41, 5.74) is 0. The highest BCUT2D eigenvalue weighted by Gasteiger charge is 2.44. The number of alkyl halides is 3. The van der Waals surface area contributed by atoms with Crippen LogP contribution in [0, 0.1) is 0 Å². The van der Waals surface area contributed by atoms with Gasteiger partial charge in [0.1, 0.15) is 6.10 Å². The maximum Gasteiger partial charge on any atom is 0.471 e. The molecule has 0 bridgehead atoms. The van der Waals surface area contributed by atoms with Gasteiger partial charge in [-0.25, -0.2) is 0 Å². The van der Waals surface area contributed by atoms with Crippen LogP contribution in [0.1, 0.15) is 13.3 Å². The molecule has 8 heteroatoms. The minimum Gasteiger partial charge on any atom is -0.377 e. The lowest BCUT2D eigenvalue weighted by atomic mass is 9.99. The van der Waals surface area contributed by atoms with Crippen LogP contribution >= 0.6 is 0 Å². The molecule has 0 aliphatic carbocycles. The summed E-state index contributed by atoms with van der Waals surface area (Å²) >= 11 is 0. The topological polar surface area (TPSA) is 67.8 Å². The van der Waals surface area contributed by atoms with Crippen molar-refractivity contribution >= 4 is 5.91 Å². The first-order valence-electron chi connectivity index (χ1n) is 4.99. The third-order valence-electron chi connectivity index (χ3n) is 2.53. The molecule has 0 radical (unpaired) electrons. The van der Waals surface area contributed by atoms with Gasteiger partial charge in [0.25, 0.3) is 0 Å². The van der Waals surface area contributed by atoms with E-state index in [0.717, 1.165) is 0 Å². The van der Waals surface area contributed by atoms with Gasteiger partial charge >= 0.3 is 12.1 Å². The molecule has 0 saturated carbocycles. The van der Waals surface area contributed by atoms with Crippen molar-refractivity contribution in [3.8, 4) is 0 Å². The van der Waals surface area contributed by atoms with E-state index in [0.29, 0.717) is 0 Å². The molecule has 0 unspecified atom stereocenters. The van der Waals surface area contributed by atoms with Crippen LogP contribution in [0.25, 0.3) is 0 Å². The van der Waals surface area contributed by atoms with E-state index in [9.17, 15) is 23.1 Å². The number of rotatable bonds is 2. The molecule has 5 nitrogen and oxygen atoms in total. The SMILES string of the molecule is CO[C@@H]1[C@@H](NC(=O)C(F)(F)F)C[C@H](O)O[C@H]1C. The largest absolute Gasteiger partial charge is 0.471 e. The van der Waals surface area contributed by atoms with Gasteiger partial charge in [0.2, 0.25) is 0 Å². The van der Waals surface area contributed by atoms with E-state index in [4.69, 9.17) is 9.47 Å². The number of aliphatic hydroxyl groups is 1. The van der Waals surface area contributed by atoms with E-state index < -0.39 is 36.6 Å². The lowest BCUT2D eigenvalue weighted by molar-refractivity contribution is -0.212. The minimum atomic E-state index is -4.95. The first-order valence-corrected chi connectivity index (χ1v) is 4.99. The summed E-state index contributed by atoms with van der Waals surface area (Å²) in [6, 6.07) is -0.937. The second-order valence-corrected chi connectivity index (χ2v) is 3.81. The van der Waals surface area contributed by atoms with E-state index in [1.807, 2.05) is 0 Å². The van der Waals surface area contributed by atoms with Gasteiger partial charge in [0.05, 0.1) is 12.1 Å². The van der Waals surface area contributed by atoms with Crippen molar-refractivity contribution in [2.24, 2.45) is 0 Å². The predicted octanol–water partition coefficient (Wildman–Crippen LogP) is 0.176. The van der Waals surface area contributed by atoms with E-state index in [1.54, 1.807) is 12.2 Å². The first-order chi connectivity index (χ1) is 7.75. The van der Waals surface area contributed by atoms with Crippen LogP contribution in [0.4, 0.5) is 13.2 Å². The van der Waals surface area contributed by atoms with Gasteiger partial charge < -0.3 is 19.9 Å². The number of aliphatic hydroxyl groups excluding tert-OH is 1. The van der Waals surface area contributed by atoms with Crippen LogP contribution in [0.15, 0.2) is 0 Å². The quantitative estimate of drug-likeness (QED) is 0.740. The van der Waals surface area contributed by atoms with Crippen LogP contribution in [0.5, 0.6) is 0 Å². The Morgan fingerprint density at radius 2 is 2.12 bits per heavy atom. The van der Waals surface area contributed by atoms with E-state index in [2.05, 4.69) is 0 Å². The lowest BCUT2D eigenvalue weighted by Gasteiger charge is -2.38. The van der Waals surface area contributed by atoms with Crippen molar-refractivity contribution in [1.29, 1.82) is 0 Å². The van der Waals surface area contributed by atoms with E-state index in [-0.39, 0.29) is 6.42 Å². The summed E-state index contributed by atoms with van der Waals surface area (Å²) in [4.78, 5) is 10.8. The molecule has 1 heterocycles. The highest BCUT2D eigenvalue weighted by atomic mass is 19.4. The smallest absolute Gasteiger partial charge is 0.377 e. The van der Waals surface area contributed by atoms with Crippen LogP contribution in [0.3, 0.4) is 0 Å². The zero-order chi connectivity index (χ0) is 13.2. The summed E-state index contributed by atoms with van der Waals surface area (Å²) in [6.07, 6.45) is -7.66. The fourth-order valence-electron chi connectivity index (χ4n) is 1.81. The molecule has 2 N–H and O–H groups in total. The number of hydrogen-bond donors (Lipinski definition) is 2. The number of carbonyl (C=O) groups excluding carboxylic acids is 1. The fraction of sp³-hybridized carbons (Fsp3) is 0.889. The fourth-order valence-corrected chi connectivity index (χ4v) is 1.81. The number of halogens is 3. The lowest BCUT2D eigenvalue weighted by Crippen LogP contribution is -2.57. The average molecular weight is 257 g/mol. The van der Waals surface area contributed by atoms with Gasteiger partial charge in [-0.3, -0.25) is 4.79 Å². The molecule has 1 fully saturated rings. The molecule has 1 rings (SSSR count).